The molecule has 1 atom stereocenters. The number of benzene rings is 1. The van der Waals surface area contributed by atoms with Gasteiger partial charge in [0.1, 0.15) is 0 Å². The van der Waals surface area contributed by atoms with Gasteiger partial charge in [-0.1, -0.05) is 6.07 Å². The molecule has 0 amide bonds. The monoisotopic (exact) mass is 191 g/mol. The molecule has 0 aromatic heterocycles. The summed E-state index contributed by atoms with van der Waals surface area (Å²) in [6.07, 6.45) is 3.54. The van der Waals surface area contributed by atoms with Gasteiger partial charge in [0.05, 0.1) is 0 Å². The topological polar surface area (TPSA) is 78.1 Å². The molecule has 0 spiro atoms. The zero-order valence-corrected chi connectivity index (χ0v) is 8.29. The Morgan fingerprint density at radius 1 is 1.21 bits per heavy atom. The van der Waals surface area contributed by atoms with Crippen molar-refractivity contribution < 1.29 is 0 Å². The molecule has 0 fully saturated rings. The van der Waals surface area contributed by atoms with E-state index in [-0.39, 0.29) is 6.04 Å². The molecule has 3 nitrogen and oxygen atoms in total. The summed E-state index contributed by atoms with van der Waals surface area (Å²) in [5.41, 5.74) is 21.9. The van der Waals surface area contributed by atoms with Crippen molar-refractivity contribution in [2.24, 2.45) is 11.5 Å². The summed E-state index contributed by atoms with van der Waals surface area (Å²) in [5, 5.41) is 0. The molecule has 0 radical (unpaired) electrons. The van der Waals surface area contributed by atoms with Gasteiger partial charge in [0.25, 0.3) is 0 Å². The Kier molecular flexibility index (Phi) is 2.44. The lowest BCUT2D eigenvalue weighted by Crippen LogP contribution is -2.22. The molecule has 1 aromatic rings. The fourth-order valence-electron chi connectivity index (χ4n) is 2.11. The smallest absolute Gasteiger partial charge is 0.0440 e. The van der Waals surface area contributed by atoms with E-state index in [0.29, 0.717) is 6.54 Å². The minimum Gasteiger partial charge on any atom is -0.398 e. The number of hydrogen-bond donors (Lipinski definition) is 3. The molecular formula is C11H17N3. The van der Waals surface area contributed by atoms with E-state index in [0.717, 1.165) is 24.1 Å². The average Bonchev–Trinajstić information content (AvgIpc) is 2.62. The summed E-state index contributed by atoms with van der Waals surface area (Å²) in [6.45, 7) is 0.447. The zero-order valence-electron chi connectivity index (χ0n) is 8.29. The highest BCUT2D eigenvalue weighted by Gasteiger charge is 2.15. The van der Waals surface area contributed by atoms with Crippen LogP contribution in [-0.2, 0) is 12.8 Å². The fourth-order valence-corrected chi connectivity index (χ4v) is 2.11. The second kappa shape index (κ2) is 3.59. The van der Waals surface area contributed by atoms with Crippen molar-refractivity contribution in [1.29, 1.82) is 0 Å². The van der Waals surface area contributed by atoms with Crippen LogP contribution < -0.4 is 17.2 Å². The Hall–Kier alpha value is -1.06. The first-order chi connectivity index (χ1) is 6.72. The van der Waals surface area contributed by atoms with Crippen LogP contribution in [0.4, 0.5) is 5.69 Å². The molecule has 0 bridgehead atoms. The van der Waals surface area contributed by atoms with Crippen molar-refractivity contribution >= 4 is 5.69 Å². The van der Waals surface area contributed by atoms with Crippen molar-refractivity contribution in [2.45, 2.75) is 25.3 Å². The number of hydrogen-bond acceptors (Lipinski definition) is 3. The summed E-state index contributed by atoms with van der Waals surface area (Å²) in [6, 6.07) is 4.07. The van der Waals surface area contributed by atoms with Gasteiger partial charge in [-0.2, -0.15) is 0 Å². The van der Waals surface area contributed by atoms with Crippen molar-refractivity contribution in [3.63, 3.8) is 0 Å². The van der Waals surface area contributed by atoms with Gasteiger partial charge in [-0.05, 0) is 42.0 Å². The largest absolute Gasteiger partial charge is 0.398 e. The zero-order chi connectivity index (χ0) is 10.1. The molecule has 1 aromatic carbocycles. The maximum absolute atomic E-state index is 5.93. The van der Waals surface area contributed by atoms with Crippen LogP contribution in [0.25, 0.3) is 0 Å². The predicted octanol–water partition coefficient (Wildman–Crippen LogP) is 0.716. The minimum absolute atomic E-state index is 0.124. The average molecular weight is 191 g/mol. The van der Waals surface area contributed by atoms with Crippen LogP contribution in [0.2, 0.25) is 0 Å². The number of aryl methyl sites for hydroxylation is 2. The normalized spacial score (nSPS) is 16.7. The van der Waals surface area contributed by atoms with E-state index in [1.807, 2.05) is 0 Å². The van der Waals surface area contributed by atoms with E-state index in [9.17, 15) is 0 Å². The summed E-state index contributed by atoms with van der Waals surface area (Å²) in [4.78, 5) is 0. The van der Waals surface area contributed by atoms with E-state index in [1.165, 1.54) is 17.5 Å². The molecule has 0 saturated carbocycles. The second-order valence-electron chi connectivity index (χ2n) is 3.95. The lowest BCUT2D eigenvalue weighted by atomic mass is 9.99. The molecule has 0 aliphatic heterocycles. The highest BCUT2D eigenvalue weighted by molar-refractivity contribution is 5.54. The Bertz CT molecular complexity index is 347. The number of nitrogen functional groups attached to an aromatic ring is 1. The maximum atomic E-state index is 5.93. The Labute approximate surface area is 84.3 Å². The van der Waals surface area contributed by atoms with Crippen molar-refractivity contribution in [1.82, 2.24) is 0 Å². The second-order valence-corrected chi connectivity index (χ2v) is 3.95. The summed E-state index contributed by atoms with van der Waals surface area (Å²) in [5.74, 6) is 0. The minimum atomic E-state index is -0.124. The number of rotatable bonds is 2. The van der Waals surface area contributed by atoms with Crippen LogP contribution >= 0.6 is 0 Å². The van der Waals surface area contributed by atoms with Crippen LogP contribution in [0.3, 0.4) is 0 Å². The van der Waals surface area contributed by atoms with Crippen LogP contribution in [0.15, 0.2) is 12.1 Å². The summed E-state index contributed by atoms with van der Waals surface area (Å²) in [7, 11) is 0. The van der Waals surface area contributed by atoms with Gasteiger partial charge >= 0.3 is 0 Å². The molecule has 0 heterocycles. The lowest BCUT2D eigenvalue weighted by molar-refractivity contribution is 0.738. The quantitative estimate of drug-likeness (QED) is 0.603. The number of nitrogens with two attached hydrogens (primary N) is 3. The lowest BCUT2D eigenvalue weighted by Gasteiger charge is -2.14. The standard InChI is InChI=1S/C11H17N3/c12-6-11(14)9-4-7-2-1-3-8(7)5-10(9)13/h4-5,11H,1-3,6,12-14H2/t11-/m1/s1. The van der Waals surface area contributed by atoms with Crippen molar-refractivity contribution in [3.05, 3.63) is 28.8 Å². The summed E-state index contributed by atoms with van der Waals surface area (Å²) >= 11 is 0. The van der Waals surface area contributed by atoms with Gasteiger partial charge in [0.2, 0.25) is 0 Å². The van der Waals surface area contributed by atoms with Crippen LogP contribution in [0.5, 0.6) is 0 Å². The molecule has 76 valence electrons. The van der Waals surface area contributed by atoms with Gasteiger partial charge in [0.15, 0.2) is 0 Å². The van der Waals surface area contributed by atoms with Crippen LogP contribution in [0.1, 0.15) is 29.2 Å². The van der Waals surface area contributed by atoms with Crippen molar-refractivity contribution in [2.75, 3.05) is 12.3 Å². The van der Waals surface area contributed by atoms with Crippen molar-refractivity contribution in [3.8, 4) is 0 Å². The molecular weight excluding hydrogens is 174 g/mol. The van der Waals surface area contributed by atoms with Gasteiger partial charge in [-0.3, -0.25) is 0 Å². The third-order valence-electron chi connectivity index (χ3n) is 2.95. The highest BCUT2D eigenvalue weighted by Crippen LogP contribution is 2.29. The van der Waals surface area contributed by atoms with E-state index in [1.54, 1.807) is 0 Å². The summed E-state index contributed by atoms with van der Waals surface area (Å²) < 4.78 is 0. The molecule has 0 unspecified atom stereocenters. The maximum Gasteiger partial charge on any atom is 0.0440 e. The number of anilines is 1. The SMILES string of the molecule is NC[C@@H](N)c1cc2c(cc1N)CCC2. The van der Waals surface area contributed by atoms with Crippen LogP contribution in [0, 0.1) is 0 Å². The Morgan fingerprint density at radius 3 is 2.50 bits per heavy atom. The molecule has 1 aliphatic carbocycles. The van der Waals surface area contributed by atoms with Gasteiger partial charge in [0, 0.05) is 18.3 Å². The van der Waals surface area contributed by atoms with Gasteiger partial charge in [-0.25, -0.2) is 0 Å². The molecule has 3 heteroatoms. The first kappa shape index (κ1) is 9.49. The Morgan fingerprint density at radius 2 is 1.86 bits per heavy atom. The van der Waals surface area contributed by atoms with E-state index < -0.39 is 0 Å². The Balaban J connectivity index is 2.42. The third kappa shape index (κ3) is 1.49. The molecule has 1 aliphatic rings. The van der Waals surface area contributed by atoms with E-state index >= 15 is 0 Å². The molecule has 6 N–H and O–H groups in total. The first-order valence-corrected chi connectivity index (χ1v) is 5.09. The highest BCUT2D eigenvalue weighted by atomic mass is 14.7. The van der Waals surface area contributed by atoms with Crippen LogP contribution in [-0.4, -0.2) is 6.54 Å². The third-order valence-corrected chi connectivity index (χ3v) is 2.95. The molecule has 0 saturated heterocycles. The first-order valence-electron chi connectivity index (χ1n) is 5.09. The van der Waals surface area contributed by atoms with E-state index in [4.69, 9.17) is 17.2 Å². The number of fused-ring (bicyclic) bond motifs is 1. The molecule has 2 rings (SSSR count). The fraction of sp³-hybridized carbons (Fsp3) is 0.455. The van der Waals surface area contributed by atoms with Gasteiger partial charge < -0.3 is 17.2 Å². The van der Waals surface area contributed by atoms with E-state index in [2.05, 4.69) is 12.1 Å². The molecule has 14 heavy (non-hydrogen) atoms. The van der Waals surface area contributed by atoms with Gasteiger partial charge in [-0.15, -0.1) is 0 Å². The predicted molar refractivity (Wildman–Crippen MR) is 58.9 cm³/mol.